The third kappa shape index (κ3) is 3.22. The van der Waals surface area contributed by atoms with Gasteiger partial charge in [-0.1, -0.05) is 30.3 Å². The van der Waals surface area contributed by atoms with Gasteiger partial charge in [0.25, 0.3) is 0 Å². The molecule has 0 unspecified atom stereocenters. The van der Waals surface area contributed by atoms with Gasteiger partial charge in [-0.05, 0) is 26.0 Å². The number of nitrogens with one attached hydrogen (secondary N) is 1. The van der Waals surface area contributed by atoms with Crippen molar-refractivity contribution in [3.8, 4) is 0 Å². The van der Waals surface area contributed by atoms with Crippen LogP contribution in [0.15, 0.2) is 34.9 Å². The molecule has 1 aromatic carbocycles. The number of para-hydroxylation sites is 1. The van der Waals surface area contributed by atoms with Crippen molar-refractivity contribution in [3.63, 3.8) is 0 Å². The second-order valence-electron chi connectivity index (χ2n) is 4.77. The van der Waals surface area contributed by atoms with Crippen LogP contribution in [-0.2, 0) is 11.2 Å². The van der Waals surface area contributed by atoms with Gasteiger partial charge in [-0.25, -0.2) is 0 Å². The third-order valence-corrected chi connectivity index (χ3v) is 3.24. The van der Waals surface area contributed by atoms with Crippen molar-refractivity contribution >= 4 is 11.6 Å². The number of aromatic nitrogens is 1. The average Bonchev–Trinajstić information content (AvgIpc) is 2.72. The SMILES string of the molecule is Cc1onc(C[C@H](C)C(=O)Nc2ccccc2)c1C. The Kier molecular flexibility index (Phi) is 4.00. The first kappa shape index (κ1) is 13.3. The molecule has 2 rings (SSSR count). The molecule has 0 aliphatic rings. The highest BCUT2D eigenvalue weighted by Crippen LogP contribution is 2.17. The summed E-state index contributed by atoms with van der Waals surface area (Å²) in [6.45, 7) is 5.73. The summed E-state index contributed by atoms with van der Waals surface area (Å²) < 4.78 is 5.11. The van der Waals surface area contributed by atoms with E-state index in [0.29, 0.717) is 6.42 Å². The molecule has 0 fully saturated rings. The number of hydrogen-bond donors (Lipinski definition) is 1. The van der Waals surface area contributed by atoms with Crippen LogP contribution in [0.3, 0.4) is 0 Å². The van der Waals surface area contributed by atoms with Crippen molar-refractivity contribution < 1.29 is 9.32 Å². The second-order valence-corrected chi connectivity index (χ2v) is 4.77. The molecule has 0 saturated carbocycles. The summed E-state index contributed by atoms with van der Waals surface area (Å²) in [5, 5.41) is 6.88. The van der Waals surface area contributed by atoms with Crippen molar-refractivity contribution in [2.75, 3.05) is 5.32 Å². The molecule has 0 spiro atoms. The summed E-state index contributed by atoms with van der Waals surface area (Å²) in [7, 11) is 0. The van der Waals surface area contributed by atoms with Gasteiger partial charge in [0.2, 0.25) is 5.91 Å². The lowest BCUT2D eigenvalue weighted by Gasteiger charge is -2.11. The molecule has 1 aromatic heterocycles. The minimum Gasteiger partial charge on any atom is -0.361 e. The fraction of sp³-hybridized carbons (Fsp3) is 0.333. The monoisotopic (exact) mass is 258 g/mol. The molecule has 4 nitrogen and oxygen atoms in total. The lowest BCUT2D eigenvalue weighted by atomic mass is 10.0. The van der Waals surface area contributed by atoms with Crippen molar-refractivity contribution in [2.24, 2.45) is 5.92 Å². The molecular formula is C15H18N2O2. The molecule has 0 aliphatic heterocycles. The number of carbonyl (C=O) groups is 1. The average molecular weight is 258 g/mol. The summed E-state index contributed by atoms with van der Waals surface area (Å²) in [4.78, 5) is 12.1. The highest BCUT2D eigenvalue weighted by Gasteiger charge is 2.18. The van der Waals surface area contributed by atoms with E-state index >= 15 is 0 Å². The maximum atomic E-state index is 12.1. The van der Waals surface area contributed by atoms with E-state index in [1.165, 1.54) is 0 Å². The van der Waals surface area contributed by atoms with E-state index in [4.69, 9.17) is 4.52 Å². The summed E-state index contributed by atoms with van der Waals surface area (Å²) in [5.41, 5.74) is 2.69. The Balaban J connectivity index is 1.98. The van der Waals surface area contributed by atoms with E-state index in [1.54, 1.807) is 0 Å². The summed E-state index contributed by atoms with van der Waals surface area (Å²) in [6, 6.07) is 9.45. The standard InChI is InChI=1S/C15H18N2O2/c1-10(9-14-11(2)12(3)19-17-14)15(18)16-13-7-5-4-6-8-13/h4-8,10H,9H2,1-3H3,(H,16,18)/t10-/m0/s1. The Morgan fingerprint density at radius 1 is 1.32 bits per heavy atom. The van der Waals surface area contributed by atoms with Gasteiger partial charge in [0, 0.05) is 23.6 Å². The molecule has 0 saturated heterocycles. The first-order valence-electron chi connectivity index (χ1n) is 6.35. The van der Waals surface area contributed by atoms with E-state index in [1.807, 2.05) is 51.1 Å². The van der Waals surface area contributed by atoms with Gasteiger partial charge in [0.15, 0.2) is 0 Å². The van der Waals surface area contributed by atoms with Crippen LogP contribution in [0.5, 0.6) is 0 Å². The van der Waals surface area contributed by atoms with Gasteiger partial charge in [-0.2, -0.15) is 0 Å². The zero-order valence-electron chi connectivity index (χ0n) is 11.4. The summed E-state index contributed by atoms with van der Waals surface area (Å²) >= 11 is 0. The molecule has 1 atom stereocenters. The smallest absolute Gasteiger partial charge is 0.227 e. The Labute approximate surface area is 112 Å². The Hall–Kier alpha value is -2.10. The van der Waals surface area contributed by atoms with Gasteiger partial charge < -0.3 is 9.84 Å². The van der Waals surface area contributed by atoms with Crippen LogP contribution in [0.4, 0.5) is 5.69 Å². The highest BCUT2D eigenvalue weighted by atomic mass is 16.5. The van der Waals surface area contributed by atoms with Crippen LogP contribution in [0.25, 0.3) is 0 Å². The van der Waals surface area contributed by atoms with Gasteiger partial charge in [-0.15, -0.1) is 0 Å². The minimum absolute atomic E-state index is 0.00810. The molecule has 1 amide bonds. The largest absolute Gasteiger partial charge is 0.361 e. The maximum Gasteiger partial charge on any atom is 0.227 e. The first-order chi connectivity index (χ1) is 9.08. The van der Waals surface area contributed by atoms with Gasteiger partial charge >= 0.3 is 0 Å². The topological polar surface area (TPSA) is 55.1 Å². The number of hydrogen-bond acceptors (Lipinski definition) is 3. The number of amides is 1. The highest BCUT2D eigenvalue weighted by molar-refractivity contribution is 5.92. The van der Waals surface area contributed by atoms with Crippen molar-refractivity contribution in [1.29, 1.82) is 0 Å². The van der Waals surface area contributed by atoms with Crippen LogP contribution in [-0.4, -0.2) is 11.1 Å². The Bertz CT molecular complexity index is 561. The molecule has 0 aliphatic carbocycles. The van der Waals surface area contributed by atoms with Crippen LogP contribution in [0.1, 0.15) is 23.9 Å². The molecule has 100 valence electrons. The number of carbonyl (C=O) groups excluding carboxylic acids is 1. The second kappa shape index (κ2) is 5.69. The normalized spacial score (nSPS) is 12.2. The molecule has 1 N–H and O–H groups in total. The van der Waals surface area contributed by atoms with Gasteiger partial charge in [0.05, 0.1) is 5.69 Å². The maximum absolute atomic E-state index is 12.1. The van der Waals surface area contributed by atoms with Crippen molar-refractivity contribution in [2.45, 2.75) is 27.2 Å². The Morgan fingerprint density at radius 2 is 2.00 bits per heavy atom. The molecule has 0 radical (unpaired) electrons. The number of anilines is 1. The molecule has 4 heteroatoms. The van der Waals surface area contributed by atoms with Crippen molar-refractivity contribution in [1.82, 2.24) is 5.16 Å². The molecule has 19 heavy (non-hydrogen) atoms. The fourth-order valence-electron chi connectivity index (χ4n) is 1.82. The number of rotatable bonds is 4. The van der Waals surface area contributed by atoms with E-state index < -0.39 is 0 Å². The van der Waals surface area contributed by atoms with E-state index in [-0.39, 0.29) is 11.8 Å². The van der Waals surface area contributed by atoms with E-state index in [9.17, 15) is 4.79 Å². The predicted octanol–water partition coefficient (Wildman–Crippen LogP) is 3.11. The number of nitrogens with zero attached hydrogens (tertiary/aromatic N) is 1. The van der Waals surface area contributed by atoms with Crippen LogP contribution in [0.2, 0.25) is 0 Å². The van der Waals surface area contributed by atoms with E-state index in [0.717, 1.165) is 22.7 Å². The minimum atomic E-state index is -0.150. The zero-order valence-corrected chi connectivity index (χ0v) is 11.4. The van der Waals surface area contributed by atoms with Gasteiger partial charge in [0.1, 0.15) is 5.76 Å². The predicted molar refractivity (Wildman–Crippen MR) is 73.9 cm³/mol. The molecule has 1 heterocycles. The lowest BCUT2D eigenvalue weighted by molar-refractivity contribution is -0.119. The zero-order chi connectivity index (χ0) is 13.8. The summed E-state index contributed by atoms with van der Waals surface area (Å²) in [5.74, 6) is 0.653. The molecule has 0 bridgehead atoms. The fourth-order valence-corrected chi connectivity index (χ4v) is 1.82. The van der Waals surface area contributed by atoms with Crippen LogP contribution < -0.4 is 5.32 Å². The lowest BCUT2D eigenvalue weighted by Crippen LogP contribution is -2.22. The first-order valence-corrected chi connectivity index (χ1v) is 6.35. The van der Waals surface area contributed by atoms with Gasteiger partial charge in [-0.3, -0.25) is 4.79 Å². The van der Waals surface area contributed by atoms with Crippen molar-refractivity contribution in [3.05, 3.63) is 47.3 Å². The molecular weight excluding hydrogens is 240 g/mol. The van der Waals surface area contributed by atoms with Crippen LogP contribution >= 0.6 is 0 Å². The molecule has 2 aromatic rings. The Morgan fingerprint density at radius 3 is 2.58 bits per heavy atom. The quantitative estimate of drug-likeness (QED) is 0.916. The number of aryl methyl sites for hydroxylation is 1. The van der Waals surface area contributed by atoms with E-state index in [2.05, 4.69) is 10.5 Å². The number of benzene rings is 1. The summed E-state index contributed by atoms with van der Waals surface area (Å²) in [6.07, 6.45) is 0.585. The van der Waals surface area contributed by atoms with Crippen LogP contribution in [0, 0.1) is 19.8 Å². The third-order valence-electron chi connectivity index (χ3n) is 3.24.